The van der Waals surface area contributed by atoms with Crippen molar-refractivity contribution >= 4 is 58.8 Å². The van der Waals surface area contributed by atoms with Gasteiger partial charge < -0.3 is 34.1 Å². The first-order valence-electron chi connectivity index (χ1n) is 14.7. The fraction of sp³-hybridized carbons (Fsp3) is 0.394. The maximum atomic E-state index is 13.3. The highest BCUT2D eigenvalue weighted by atomic mass is 35.6. The number of thioether (sulfide) groups is 1. The van der Waals surface area contributed by atoms with E-state index in [1.807, 2.05) is 85.8 Å². The molecule has 13 heteroatoms. The summed E-state index contributed by atoms with van der Waals surface area (Å²) in [4.78, 5) is 26.0. The van der Waals surface area contributed by atoms with Crippen LogP contribution in [-0.2, 0) is 30.3 Å². The number of benzene rings is 3. The van der Waals surface area contributed by atoms with Crippen LogP contribution in [0.4, 0.5) is 9.59 Å². The fourth-order valence-corrected chi connectivity index (χ4v) is 6.73. The summed E-state index contributed by atoms with van der Waals surface area (Å²) in [5, 5.41) is 14.1. The number of amides is 1. The molecule has 2 aliphatic rings. The van der Waals surface area contributed by atoms with Crippen LogP contribution in [0.25, 0.3) is 11.1 Å². The Hall–Kier alpha value is -2.70. The maximum absolute atomic E-state index is 13.3. The molecule has 5 rings (SSSR count). The van der Waals surface area contributed by atoms with Crippen molar-refractivity contribution in [1.82, 2.24) is 5.32 Å². The van der Waals surface area contributed by atoms with E-state index in [-0.39, 0.29) is 25.7 Å². The first-order chi connectivity index (χ1) is 22.1. The molecule has 1 aliphatic heterocycles. The quantitative estimate of drug-likeness (QED) is 0.163. The van der Waals surface area contributed by atoms with Gasteiger partial charge in [0.05, 0.1) is 13.2 Å². The lowest BCUT2D eigenvalue weighted by Gasteiger charge is -2.43. The number of hydrogen-bond donors (Lipinski definition) is 2. The van der Waals surface area contributed by atoms with Gasteiger partial charge in [0.2, 0.25) is 3.79 Å². The van der Waals surface area contributed by atoms with Gasteiger partial charge in [-0.05, 0) is 33.6 Å². The molecule has 46 heavy (non-hydrogen) atoms. The number of ether oxygens (including phenoxy) is 5. The van der Waals surface area contributed by atoms with Crippen molar-refractivity contribution in [2.45, 2.75) is 53.0 Å². The van der Waals surface area contributed by atoms with Crippen LogP contribution in [-0.4, -0.2) is 76.5 Å². The molecule has 1 amide bonds. The van der Waals surface area contributed by atoms with Crippen LogP contribution < -0.4 is 5.32 Å². The van der Waals surface area contributed by atoms with Gasteiger partial charge in [-0.15, -0.1) is 11.8 Å². The monoisotopic (exact) mass is 709 g/mol. The molecule has 0 saturated carbocycles. The Morgan fingerprint density at radius 2 is 1.54 bits per heavy atom. The average molecular weight is 711 g/mol. The van der Waals surface area contributed by atoms with E-state index in [4.69, 9.17) is 58.5 Å². The summed E-state index contributed by atoms with van der Waals surface area (Å²) in [7, 11) is 0. The van der Waals surface area contributed by atoms with E-state index in [1.165, 1.54) is 11.8 Å². The fourth-order valence-electron chi connectivity index (χ4n) is 5.58. The molecule has 0 radical (unpaired) electrons. The van der Waals surface area contributed by atoms with Crippen molar-refractivity contribution < 1.29 is 38.4 Å². The van der Waals surface area contributed by atoms with Crippen molar-refractivity contribution in [2.75, 3.05) is 25.6 Å². The molecule has 1 fully saturated rings. The van der Waals surface area contributed by atoms with Crippen LogP contribution in [0.3, 0.4) is 0 Å². The SMILES string of the molecule is CCS[C@H]1O[C@H](COCc2ccccc2)[C@@H](O)[C@H](OC(=O)OCC2c3ccccc3-c3ccccc32)[C@H]1NC(=O)OCC(Cl)(Cl)Cl. The molecule has 0 bridgehead atoms. The Bertz CT molecular complexity index is 1430. The predicted octanol–water partition coefficient (Wildman–Crippen LogP) is 6.84. The number of halogens is 3. The first kappa shape index (κ1) is 34.6. The number of hydrogen-bond acceptors (Lipinski definition) is 9. The third kappa shape index (κ3) is 8.80. The molecule has 0 aromatic heterocycles. The predicted molar refractivity (Wildman–Crippen MR) is 177 cm³/mol. The van der Waals surface area contributed by atoms with Gasteiger partial charge in [0.15, 0.2) is 6.10 Å². The highest BCUT2D eigenvalue weighted by Crippen LogP contribution is 2.44. The van der Waals surface area contributed by atoms with Gasteiger partial charge >= 0.3 is 12.2 Å². The zero-order chi connectivity index (χ0) is 32.7. The van der Waals surface area contributed by atoms with Crippen LogP contribution in [0.2, 0.25) is 0 Å². The summed E-state index contributed by atoms with van der Waals surface area (Å²) < 4.78 is 26.7. The number of carbonyl (C=O) groups is 2. The van der Waals surface area contributed by atoms with E-state index < -0.39 is 52.4 Å². The lowest BCUT2D eigenvalue weighted by molar-refractivity contribution is -0.182. The van der Waals surface area contributed by atoms with E-state index in [9.17, 15) is 14.7 Å². The van der Waals surface area contributed by atoms with Crippen molar-refractivity contribution in [1.29, 1.82) is 0 Å². The number of alkyl halides is 3. The van der Waals surface area contributed by atoms with Gasteiger partial charge in [-0.2, -0.15) is 0 Å². The second-order valence-electron chi connectivity index (χ2n) is 10.7. The van der Waals surface area contributed by atoms with Gasteiger partial charge in [-0.3, -0.25) is 0 Å². The van der Waals surface area contributed by atoms with Gasteiger partial charge in [-0.1, -0.05) is 121 Å². The van der Waals surface area contributed by atoms with E-state index >= 15 is 0 Å². The van der Waals surface area contributed by atoms with Crippen molar-refractivity contribution in [3.63, 3.8) is 0 Å². The van der Waals surface area contributed by atoms with Crippen molar-refractivity contribution in [3.8, 4) is 11.1 Å². The summed E-state index contributed by atoms with van der Waals surface area (Å²) in [6.07, 6.45) is -5.55. The molecule has 3 aromatic rings. The highest BCUT2D eigenvalue weighted by Gasteiger charge is 2.49. The minimum absolute atomic E-state index is 0.00627. The molecule has 246 valence electrons. The number of alkyl carbamates (subject to hydrolysis) is 1. The number of aliphatic hydroxyl groups excluding tert-OH is 1. The Balaban J connectivity index is 1.31. The Morgan fingerprint density at radius 1 is 0.913 bits per heavy atom. The van der Waals surface area contributed by atoms with Crippen LogP contribution >= 0.6 is 46.6 Å². The molecule has 9 nitrogen and oxygen atoms in total. The van der Waals surface area contributed by atoms with E-state index in [1.54, 1.807) is 0 Å². The number of fused-ring (bicyclic) bond motifs is 3. The number of rotatable bonds is 11. The van der Waals surface area contributed by atoms with Crippen LogP contribution in [0, 0.1) is 0 Å². The van der Waals surface area contributed by atoms with Crippen LogP contribution in [0.1, 0.15) is 29.5 Å². The number of nitrogens with one attached hydrogen (secondary N) is 1. The Morgan fingerprint density at radius 3 is 2.17 bits per heavy atom. The van der Waals surface area contributed by atoms with Gasteiger partial charge in [0.25, 0.3) is 0 Å². The molecule has 0 unspecified atom stereocenters. The highest BCUT2D eigenvalue weighted by molar-refractivity contribution is 7.99. The van der Waals surface area contributed by atoms with E-state index in [0.29, 0.717) is 5.75 Å². The molecule has 3 aromatic carbocycles. The minimum atomic E-state index is -1.84. The van der Waals surface area contributed by atoms with Gasteiger partial charge in [-0.25, -0.2) is 9.59 Å². The normalized spacial score (nSPS) is 22.4. The van der Waals surface area contributed by atoms with Crippen LogP contribution in [0.5, 0.6) is 0 Å². The molecule has 0 spiro atoms. The summed E-state index contributed by atoms with van der Waals surface area (Å²) in [5.74, 6) is 0.380. The lowest BCUT2D eigenvalue weighted by atomic mass is 9.98. The first-order valence-corrected chi connectivity index (χ1v) is 16.9. The summed E-state index contributed by atoms with van der Waals surface area (Å²) in [6, 6.07) is 24.4. The summed E-state index contributed by atoms with van der Waals surface area (Å²) in [6.45, 7) is 1.65. The summed E-state index contributed by atoms with van der Waals surface area (Å²) >= 11 is 18.6. The third-order valence-electron chi connectivity index (χ3n) is 7.61. The standard InChI is InChI=1S/C33H34Cl3NO8S/c1-2-46-30-27(37-31(39)43-19-33(34,35)36)29(28(38)26(44-30)18-41-16-20-10-4-3-5-11-20)45-32(40)42-17-25-23-14-8-6-12-21(23)22-13-7-9-15-24(22)25/h3-15,25-30,38H,2,16-19H2,1H3,(H,37,39)/t26-,27-,28-,29-,30-/m1/s1. The molecule has 1 aliphatic carbocycles. The van der Waals surface area contributed by atoms with Crippen LogP contribution in [0.15, 0.2) is 78.9 Å². The number of carbonyl (C=O) groups excluding carboxylic acids is 2. The third-order valence-corrected chi connectivity index (χ3v) is 9.01. The molecule has 1 saturated heterocycles. The minimum Gasteiger partial charge on any atom is -0.445 e. The second-order valence-corrected chi connectivity index (χ2v) is 14.6. The van der Waals surface area contributed by atoms with Gasteiger partial charge in [0.1, 0.15) is 36.9 Å². The Kier molecular flexibility index (Phi) is 12.0. The zero-order valence-electron chi connectivity index (χ0n) is 24.9. The topological polar surface area (TPSA) is 113 Å². The van der Waals surface area contributed by atoms with Crippen molar-refractivity contribution in [2.24, 2.45) is 0 Å². The molecular formula is C33H34Cl3NO8S. The number of aliphatic hydroxyl groups is 1. The molecule has 5 atom stereocenters. The lowest BCUT2D eigenvalue weighted by Crippen LogP contribution is -2.64. The zero-order valence-corrected chi connectivity index (χ0v) is 27.9. The average Bonchev–Trinajstić information content (AvgIpc) is 3.36. The van der Waals surface area contributed by atoms with Crippen molar-refractivity contribution in [3.05, 3.63) is 95.6 Å². The molecular weight excluding hydrogens is 677 g/mol. The molecule has 2 N–H and O–H groups in total. The largest absolute Gasteiger partial charge is 0.508 e. The smallest absolute Gasteiger partial charge is 0.445 e. The maximum Gasteiger partial charge on any atom is 0.508 e. The van der Waals surface area contributed by atoms with E-state index in [0.717, 1.165) is 27.8 Å². The molecule has 1 heterocycles. The summed E-state index contributed by atoms with van der Waals surface area (Å²) in [5.41, 5.74) is 4.41. The van der Waals surface area contributed by atoms with E-state index in [2.05, 4.69) is 5.32 Å². The second kappa shape index (κ2) is 15.9. The van der Waals surface area contributed by atoms with Gasteiger partial charge in [0, 0.05) is 5.92 Å². The Labute approximate surface area is 286 Å².